The lowest BCUT2D eigenvalue weighted by Crippen LogP contribution is -2.34. The monoisotopic (exact) mass is 356 g/mol. The van der Waals surface area contributed by atoms with Crippen molar-refractivity contribution in [1.82, 2.24) is 0 Å². The number of hydrogen-bond acceptors (Lipinski definition) is 5. The van der Waals surface area contributed by atoms with Crippen molar-refractivity contribution >= 4 is 34.3 Å². The Morgan fingerprint density at radius 3 is 2.44 bits per heavy atom. The summed E-state index contributed by atoms with van der Waals surface area (Å²) in [7, 11) is 0. The summed E-state index contributed by atoms with van der Waals surface area (Å²) in [4.78, 5) is 26.3. The van der Waals surface area contributed by atoms with Gasteiger partial charge < -0.3 is 10.1 Å². The molecule has 2 aromatic rings. The van der Waals surface area contributed by atoms with Crippen LogP contribution in [0, 0.1) is 13.8 Å². The third-order valence-corrected chi connectivity index (χ3v) is 5.00. The molecule has 1 aliphatic heterocycles. The van der Waals surface area contributed by atoms with E-state index in [1.54, 1.807) is 6.07 Å². The van der Waals surface area contributed by atoms with E-state index in [0.29, 0.717) is 12.3 Å². The van der Waals surface area contributed by atoms with Gasteiger partial charge in [0.2, 0.25) is 0 Å². The molecular formula is C19H20N2O3S. The molecular weight excluding hydrogens is 336 g/mol. The number of amides is 2. The molecule has 1 N–H and O–H groups in total. The van der Waals surface area contributed by atoms with Crippen molar-refractivity contribution in [2.45, 2.75) is 26.1 Å². The van der Waals surface area contributed by atoms with Crippen LogP contribution in [0.3, 0.4) is 0 Å². The molecule has 0 spiro atoms. The van der Waals surface area contributed by atoms with Crippen LogP contribution in [-0.2, 0) is 4.79 Å². The smallest absolute Gasteiger partial charge is 0.295 e. The van der Waals surface area contributed by atoms with Gasteiger partial charge in [-0.05, 0) is 80.1 Å². The fourth-order valence-electron chi connectivity index (χ4n) is 2.57. The number of ether oxygens (including phenoxy) is 1. The first-order valence-electron chi connectivity index (χ1n) is 8.11. The van der Waals surface area contributed by atoms with E-state index in [0.717, 1.165) is 34.3 Å². The molecule has 1 fully saturated rings. The highest BCUT2D eigenvalue weighted by molar-refractivity contribution is 8.16. The van der Waals surface area contributed by atoms with Crippen LogP contribution >= 0.6 is 11.8 Å². The second kappa shape index (κ2) is 7.19. The SMILES string of the molecule is CCOc1ccc(NC2SC(=O)N(c3ccc(C)c(C)c3)C2=O)cc1. The number of imide groups is 1. The minimum atomic E-state index is -0.632. The average Bonchev–Trinajstić information content (AvgIpc) is 2.86. The van der Waals surface area contributed by atoms with E-state index in [-0.39, 0.29) is 11.1 Å². The number of rotatable bonds is 5. The Morgan fingerprint density at radius 1 is 1.08 bits per heavy atom. The quantitative estimate of drug-likeness (QED) is 0.863. The summed E-state index contributed by atoms with van der Waals surface area (Å²) in [5.41, 5.74) is 3.55. The van der Waals surface area contributed by atoms with E-state index in [4.69, 9.17) is 4.74 Å². The van der Waals surface area contributed by atoms with Gasteiger partial charge in [-0.1, -0.05) is 6.07 Å². The van der Waals surface area contributed by atoms with Crippen molar-refractivity contribution in [2.75, 3.05) is 16.8 Å². The molecule has 0 bridgehead atoms. The zero-order valence-electron chi connectivity index (χ0n) is 14.4. The van der Waals surface area contributed by atoms with E-state index in [9.17, 15) is 9.59 Å². The van der Waals surface area contributed by atoms with E-state index >= 15 is 0 Å². The highest BCUT2D eigenvalue weighted by Crippen LogP contribution is 2.33. The van der Waals surface area contributed by atoms with Gasteiger partial charge in [0.05, 0.1) is 12.3 Å². The molecule has 6 heteroatoms. The Kier molecular flexibility index (Phi) is 4.99. The minimum Gasteiger partial charge on any atom is -0.494 e. The van der Waals surface area contributed by atoms with Gasteiger partial charge in [-0.3, -0.25) is 9.59 Å². The standard InChI is InChI=1S/C19H20N2O3S/c1-4-24-16-9-6-14(7-10-16)20-17-18(22)21(19(23)25-17)15-8-5-12(2)13(3)11-15/h5-11,17,20H,4H2,1-3H3. The minimum absolute atomic E-state index is 0.257. The average molecular weight is 356 g/mol. The fourth-order valence-corrected chi connectivity index (χ4v) is 3.47. The molecule has 2 amide bonds. The van der Waals surface area contributed by atoms with Crippen LogP contribution in [0.5, 0.6) is 5.75 Å². The number of hydrogen-bond donors (Lipinski definition) is 1. The van der Waals surface area contributed by atoms with Crippen molar-refractivity contribution in [3.05, 3.63) is 53.6 Å². The summed E-state index contributed by atoms with van der Waals surface area (Å²) >= 11 is 0.991. The fraction of sp³-hybridized carbons (Fsp3) is 0.263. The van der Waals surface area contributed by atoms with Crippen LogP contribution in [0.1, 0.15) is 18.1 Å². The van der Waals surface area contributed by atoms with Gasteiger partial charge in [-0.15, -0.1) is 0 Å². The number of benzene rings is 2. The van der Waals surface area contributed by atoms with Crippen molar-refractivity contribution in [3.8, 4) is 5.75 Å². The zero-order chi connectivity index (χ0) is 18.0. The molecule has 1 atom stereocenters. The summed E-state index contributed by atoms with van der Waals surface area (Å²) in [6.07, 6.45) is 0. The van der Waals surface area contributed by atoms with Crippen LogP contribution in [0.2, 0.25) is 0 Å². The predicted molar refractivity (Wildman–Crippen MR) is 101 cm³/mol. The Labute approximate surface area is 151 Å². The summed E-state index contributed by atoms with van der Waals surface area (Å²) in [5, 5.41) is 2.21. The molecule has 0 saturated carbocycles. The zero-order valence-corrected chi connectivity index (χ0v) is 15.2. The maximum absolute atomic E-state index is 12.7. The number of anilines is 2. The molecule has 1 unspecified atom stereocenters. The van der Waals surface area contributed by atoms with Gasteiger partial charge in [-0.2, -0.15) is 0 Å². The van der Waals surface area contributed by atoms with Crippen LogP contribution in [0.15, 0.2) is 42.5 Å². The first kappa shape index (κ1) is 17.4. The second-order valence-electron chi connectivity index (χ2n) is 5.81. The van der Waals surface area contributed by atoms with Crippen molar-refractivity contribution < 1.29 is 14.3 Å². The van der Waals surface area contributed by atoms with E-state index in [1.807, 2.05) is 57.2 Å². The van der Waals surface area contributed by atoms with Gasteiger partial charge in [-0.25, -0.2) is 4.90 Å². The van der Waals surface area contributed by atoms with E-state index in [2.05, 4.69) is 5.32 Å². The van der Waals surface area contributed by atoms with E-state index in [1.165, 1.54) is 4.90 Å². The van der Waals surface area contributed by atoms with Crippen LogP contribution in [0.4, 0.5) is 16.2 Å². The Bertz CT molecular complexity index is 805. The largest absolute Gasteiger partial charge is 0.494 e. The molecule has 25 heavy (non-hydrogen) atoms. The van der Waals surface area contributed by atoms with Gasteiger partial charge in [0, 0.05) is 5.69 Å². The molecule has 5 nitrogen and oxygen atoms in total. The second-order valence-corrected chi connectivity index (χ2v) is 6.86. The third-order valence-electron chi connectivity index (χ3n) is 4.06. The lowest BCUT2D eigenvalue weighted by atomic mass is 10.1. The molecule has 2 aromatic carbocycles. The van der Waals surface area contributed by atoms with Crippen molar-refractivity contribution in [3.63, 3.8) is 0 Å². The van der Waals surface area contributed by atoms with Crippen LogP contribution in [-0.4, -0.2) is 23.1 Å². The number of thioether (sulfide) groups is 1. The Balaban J connectivity index is 1.75. The molecule has 1 heterocycles. The number of nitrogens with zero attached hydrogens (tertiary/aromatic N) is 1. The third kappa shape index (κ3) is 3.64. The van der Waals surface area contributed by atoms with Crippen molar-refractivity contribution in [1.29, 1.82) is 0 Å². The number of carbonyl (C=O) groups excluding carboxylic acids is 2. The highest BCUT2D eigenvalue weighted by Gasteiger charge is 2.40. The molecule has 130 valence electrons. The van der Waals surface area contributed by atoms with Gasteiger partial charge >= 0.3 is 0 Å². The summed E-state index contributed by atoms with van der Waals surface area (Å²) in [6.45, 7) is 6.49. The molecule has 1 saturated heterocycles. The molecule has 0 aromatic heterocycles. The van der Waals surface area contributed by atoms with Crippen LogP contribution in [0.25, 0.3) is 0 Å². The number of aryl methyl sites for hydroxylation is 2. The topological polar surface area (TPSA) is 58.6 Å². The maximum atomic E-state index is 12.7. The highest BCUT2D eigenvalue weighted by atomic mass is 32.2. The summed E-state index contributed by atoms with van der Waals surface area (Å²) in [5.74, 6) is 0.512. The van der Waals surface area contributed by atoms with Gasteiger partial charge in [0.1, 0.15) is 5.75 Å². The predicted octanol–water partition coefficient (Wildman–Crippen LogP) is 4.34. The van der Waals surface area contributed by atoms with Crippen molar-refractivity contribution in [2.24, 2.45) is 0 Å². The lowest BCUT2D eigenvalue weighted by Gasteiger charge is -2.16. The molecule has 0 radical (unpaired) electrons. The van der Waals surface area contributed by atoms with Gasteiger partial charge in [0.15, 0.2) is 5.37 Å². The molecule has 3 rings (SSSR count). The first-order valence-corrected chi connectivity index (χ1v) is 8.99. The number of carbonyl (C=O) groups is 2. The Morgan fingerprint density at radius 2 is 1.80 bits per heavy atom. The summed E-state index contributed by atoms with van der Waals surface area (Å²) < 4.78 is 5.40. The Hall–Kier alpha value is -2.47. The molecule has 1 aliphatic rings. The number of nitrogens with one attached hydrogen (secondary N) is 1. The van der Waals surface area contributed by atoms with E-state index < -0.39 is 5.37 Å². The first-order chi connectivity index (χ1) is 12.0. The molecule has 0 aliphatic carbocycles. The normalized spacial score (nSPS) is 17.1. The van der Waals surface area contributed by atoms with Gasteiger partial charge in [0.25, 0.3) is 11.1 Å². The lowest BCUT2D eigenvalue weighted by molar-refractivity contribution is -0.116. The summed E-state index contributed by atoms with van der Waals surface area (Å²) in [6, 6.07) is 12.9. The maximum Gasteiger partial charge on any atom is 0.295 e. The van der Waals surface area contributed by atoms with Crippen LogP contribution < -0.4 is 15.0 Å².